The van der Waals surface area contributed by atoms with Crippen molar-refractivity contribution in [2.45, 2.75) is 6.92 Å². The summed E-state index contributed by atoms with van der Waals surface area (Å²) in [6.45, 7) is 1.99. The summed E-state index contributed by atoms with van der Waals surface area (Å²) < 4.78 is 0. The molecule has 0 fully saturated rings. The van der Waals surface area contributed by atoms with E-state index in [2.05, 4.69) is 0 Å². The number of benzene rings is 1. The van der Waals surface area contributed by atoms with E-state index in [0.717, 1.165) is 11.6 Å². The molecule has 13 heavy (non-hydrogen) atoms. The zero-order chi connectivity index (χ0) is 8.97. The molecule has 1 N–H and O–H groups in total. The molecule has 0 spiro atoms. The maximum Gasteiger partial charge on any atom is 0.328 e. The summed E-state index contributed by atoms with van der Waals surface area (Å²) in [6.07, 6.45) is 2.70. The predicted molar refractivity (Wildman–Crippen MR) is 47.8 cm³/mol. The zero-order valence-corrected chi connectivity index (χ0v) is 10.2. The van der Waals surface area contributed by atoms with Crippen LogP contribution in [0.3, 0.4) is 0 Å². The van der Waals surface area contributed by atoms with Crippen molar-refractivity contribution in [2.24, 2.45) is 0 Å². The minimum atomic E-state index is -0.921. The molecule has 1 radical (unpaired) electrons. The Bertz CT molecular complexity index is 301. The van der Waals surface area contributed by atoms with Crippen LogP contribution in [0, 0.1) is 6.92 Å². The van der Waals surface area contributed by atoms with Crippen LogP contribution in [0.2, 0.25) is 0 Å². The summed E-state index contributed by atoms with van der Waals surface area (Å²) in [5, 5.41) is 8.34. The summed E-state index contributed by atoms with van der Waals surface area (Å²) in [6, 6.07) is 7.66. The summed E-state index contributed by atoms with van der Waals surface area (Å²) in [4.78, 5) is 10.2. The van der Waals surface area contributed by atoms with Crippen molar-refractivity contribution in [3.05, 3.63) is 41.5 Å². The van der Waals surface area contributed by atoms with Crippen LogP contribution in [-0.4, -0.2) is 11.1 Å². The molecule has 0 saturated carbocycles. The SMILES string of the molecule is Cc1ccc(/C=C/C(=O)O)cc1.[Y]. The van der Waals surface area contributed by atoms with Crippen LogP contribution in [-0.2, 0) is 37.5 Å². The van der Waals surface area contributed by atoms with Crippen LogP contribution in [0.4, 0.5) is 0 Å². The molecule has 0 amide bonds. The van der Waals surface area contributed by atoms with E-state index in [0.29, 0.717) is 0 Å². The molecule has 0 aromatic heterocycles. The van der Waals surface area contributed by atoms with Gasteiger partial charge in [-0.2, -0.15) is 0 Å². The minimum Gasteiger partial charge on any atom is -0.478 e. The van der Waals surface area contributed by atoms with E-state index < -0.39 is 5.97 Å². The van der Waals surface area contributed by atoms with E-state index in [1.165, 1.54) is 5.56 Å². The molecule has 1 aromatic rings. The first-order valence-corrected chi connectivity index (χ1v) is 3.66. The fourth-order valence-electron chi connectivity index (χ4n) is 0.845. The molecule has 0 aliphatic carbocycles. The third kappa shape index (κ3) is 4.96. The van der Waals surface area contributed by atoms with Gasteiger partial charge in [0.15, 0.2) is 0 Å². The normalized spacial score (nSPS) is 9.62. The Kier molecular flexibility index (Phi) is 5.84. The quantitative estimate of drug-likeness (QED) is 0.817. The second kappa shape index (κ2) is 6.06. The first-order chi connectivity index (χ1) is 5.68. The third-order valence-corrected chi connectivity index (χ3v) is 1.50. The third-order valence-electron chi connectivity index (χ3n) is 1.50. The van der Waals surface area contributed by atoms with Crippen molar-refractivity contribution in [3.8, 4) is 0 Å². The van der Waals surface area contributed by atoms with Crippen LogP contribution in [0.25, 0.3) is 6.08 Å². The summed E-state index contributed by atoms with van der Waals surface area (Å²) in [5.74, 6) is -0.921. The van der Waals surface area contributed by atoms with E-state index in [4.69, 9.17) is 5.11 Å². The Morgan fingerprint density at radius 3 is 2.31 bits per heavy atom. The number of carbonyl (C=O) groups is 1. The topological polar surface area (TPSA) is 37.3 Å². The van der Waals surface area contributed by atoms with Gasteiger partial charge in [-0.15, -0.1) is 0 Å². The summed E-state index contributed by atoms with van der Waals surface area (Å²) in [7, 11) is 0. The molecule has 0 aliphatic rings. The van der Waals surface area contributed by atoms with E-state index in [-0.39, 0.29) is 32.7 Å². The Balaban J connectivity index is 0.00000144. The van der Waals surface area contributed by atoms with E-state index in [9.17, 15) is 4.79 Å². The molecule has 2 nitrogen and oxygen atoms in total. The van der Waals surface area contributed by atoms with Crippen LogP contribution in [0.15, 0.2) is 30.3 Å². The van der Waals surface area contributed by atoms with Crippen LogP contribution >= 0.6 is 0 Å². The molecule has 0 aliphatic heterocycles. The average Bonchev–Trinajstić information content (AvgIpc) is 2.03. The first-order valence-electron chi connectivity index (χ1n) is 3.66. The van der Waals surface area contributed by atoms with Crippen molar-refractivity contribution in [1.82, 2.24) is 0 Å². The van der Waals surface area contributed by atoms with E-state index >= 15 is 0 Å². The second-order valence-corrected chi connectivity index (χ2v) is 2.58. The molecule has 0 saturated heterocycles. The fraction of sp³-hybridized carbons (Fsp3) is 0.100. The van der Waals surface area contributed by atoms with Crippen LogP contribution in [0.5, 0.6) is 0 Å². The molecule has 0 heterocycles. The van der Waals surface area contributed by atoms with Gasteiger partial charge in [-0.3, -0.25) is 0 Å². The Morgan fingerprint density at radius 2 is 1.85 bits per heavy atom. The largest absolute Gasteiger partial charge is 0.478 e. The molecule has 3 heteroatoms. The summed E-state index contributed by atoms with van der Waals surface area (Å²) in [5.41, 5.74) is 2.07. The first kappa shape index (κ1) is 12.5. The van der Waals surface area contributed by atoms with E-state index in [1.54, 1.807) is 6.08 Å². The van der Waals surface area contributed by atoms with Crippen molar-refractivity contribution < 1.29 is 42.6 Å². The zero-order valence-electron chi connectivity index (χ0n) is 7.40. The molecule has 65 valence electrons. The number of hydrogen-bond acceptors (Lipinski definition) is 1. The van der Waals surface area contributed by atoms with Crippen molar-refractivity contribution in [1.29, 1.82) is 0 Å². The van der Waals surface area contributed by atoms with Crippen molar-refractivity contribution in [2.75, 3.05) is 0 Å². The summed E-state index contributed by atoms with van der Waals surface area (Å²) >= 11 is 0. The Labute approximate surface area is 103 Å². The van der Waals surface area contributed by atoms with Gasteiger partial charge in [0.25, 0.3) is 0 Å². The van der Waals surface area contributed by atoms with Gasteiger partial charge in [0.2, 0.25) is 0 Å². The smallest absolute Gasteiger partial charge is 0.328 e. The minimum absolute atomic E-state index is 0. The van der Waals surface area contributed by atoms with Gasteiger partial charge >= 0.3 is 5.97 Å². The van der Waals surface area contributed by atoms with Gasteiger partial charge in [-0.25, -0.2) is 4.79 Å². The fourth-order valence-corrected chi connectivity index (χ4v) is 0.845. The van der Waals surface area contributed by atoms with Crippen molar-refractivity contribution >= 4 is 12.0 Å². The monoisotopic (exact) mass is 251 g/mol. The van der Waals surface area contributed by atoms with Gasteiger partial charge in [-0.1, -0.05) is 29.8 Å². The molecule has 1 aromatic carbocycles. The number of aliphatic carboxylic acids is 1. The predicted octanol–water partition coefficient (Wildman–Crippen LogP) is 2.09. The molecule has 0 unspecified atom stereocenters. The maximum absolute atomic E-state index is 10.2. The standard InChI is InChI=1S/C10H10O2.Y/c1-8-2-4-9(5-3-8)6-7-10(11)12;/h2-7H,1H3,(H,11,12);/b7-6+;. The molecule has 1 rings (SSSR count). The number of aryl methyl sites for hydroxylation is 1. The number of hydrogen-bond donors (Lipinski definition) is 1. The van der Waals surface area contributed by atoms with E-state index in [1.807, 2.05) is 31.2 Å². The van der Waals surface area contributed by atoms with Gasteiger partial charge in [0.1, 0.15) is 0 Å². The van der Waals surface area contributed by atoms with Crippen LogP contribution in [0.1, 0.15) is 11.1 Å². The Hall–Kier alpha value is -0.466. The maximum atomic E-state index is 10.2. The second-order valence-electron chi connectivity index (χ2n) is 2.58. The van der Waals surface area contributed by atoms with Gasteiger partial charge in [-0.05, 0) is 18.6 Å². The molecular formula is C10H10O2Y. The van der Waals surface area contributed by atoms with Crippen LogP contribution < -0.4 is 0 Å². The van der Waals surface area contributed by atoms with Gasteiger partial charge in [0, 0.05) is 38.8 Å². The number of rotatable bonds is 2. The Morgan fingerprint density at radius 1 is 1.31 bits per heavy atom. The molecular weight excluding hydrogens is 241 g/mol. The van der Waals surface area contributed by atoms with Gasteiger partial charge < -0.3 is 5.11 Å². The molecule has 0 bridgehead atoms. The number of carboxylic acid groups (broad SMARTS) is 1. The van der Waals surface area contributed by atoms with Gasteiger partial charge in [0.05, 0.1) is 0 Å². The van der Waals surface area contributed by atoms with Crippen molar-refractivity contribution in [3.63, 3.8) is 0 Å². The molecule has 0 atom stereocenters. The number of carboxylic acids is 1. The average molecular weight is 251 g/mol.